The third-order valence-corrected chi connectivity index (χ3v) is 5.32. The van der Waals surface area contributed by atoms with Crippen LogP contribution in [0.3, 0.4) is 0 Å². The van der Waals surface area contributed by atoms with Gasteiger partial charge >= 0.3 is 0 Å². The zero-order chi connectivity index (χ0) is 19.7. The van der Waals surface area contributed by atoms with Gasteiger partial charge in [-0.2, -0.15) is 5.10 Å². The molecule has 6 nitrogen and oxygen atoms in total. The molecule has 146 valence electrons. The van der Waals surface area contributed by atoms with Gasteiger partial charge in [0.2, 0.25) is 0 Å². The van der Waals surface area contributed by atoms with Crippen molar-refractivity contribution in [2.24, 2.45) is 0 Å². The topological polar surface area (TPSA) is 62.4 Å². The molecule has 2 atom stereocenters. The molecule has 6 heteroatoms. The van der Waals surface area contributed by atoms with Gasteiger partial charge in [0.15, 0.2) is 11.5 Å². The van der Waals surface area contributed by atoms with Crippen LogP contribution in [0.5, 0.6) is 11.5 Å². The molecule has 4 rings (SSSR count). The van der Waals surface area contributed by atoms with Gasteiger partial charge in [0, 0.05) is 19.3 Å². The molecule has 0 radical (unpaired) electrons. The molecule has 2 aromatic carbocycles. The number of nitrogens with one attached hydrogen (secondary N) is 2. The fourth-order valence-corrected chi connectivity index (χ4v) is 4.04. The number of rotatable bonds is 4. The molecular formula is C22H26N4O2. The van der Waals surface area contributed by atoms with Crippen LogP contribution in [0.25, 0.3) is 11.3 Å². The Morgan fingerprint density at radius 1 is 1.04 bits per heavy atom. The summed E-state index contributed by atoms with van der Waals surface area (Å²) in [5, 5.41) is 9.25. The van der Waals surface area contributed by atoms with E-state index in [1.165, 1.54) is 16.7 Å². The molecule has 0 aliphatic carbocycles. The summed E-state index contributed by atoms with van der Waals surface area (Å²) in [6.45, 7) is 2.20. The van der Waals surface area contributed by atoms with Gasteiger partial charge in [0.05, 0.1) is 26.0 Å². The highest BCUT2D eigenvalue weighted by molar-refractivity contribution is 5.59. The lowest BCUT2D eigenvalue weighted by Gasteiger charge is -2.29. The number of hydrazine groups is 1. The molecule has 1 aliphatic heterocycles. The predicted octanol–water partition coefficient (Wildman–Crippen LogP) is 3.56. The zero-order valence-corrected chi connectivity index (χ0v) is 16.7. The number of aromatic amines is 1. The molecule has 2 unspecified atom stereocenters. The third-order valence-electron chi connectivity index (χ3n) is 5.32. The van der Waals surface area contributed by atoms with Gasteiger partial charge in [0.1, 0.15) is 0 Å². The quantitative estimate of drug-likeness (QED) is 0.727. The summed E-state index contributed by atoms with van der Waals surface area (Å²) in [7, 11) is 5.45. The minimum absolute atomic E-state index is 0.0653. The van der Waals surface area contributed by atoms with Crippen molar-refractivity contribution in [2.45, 2.75) is 25.4 Å². The summed E-state index contributed by atoms with van der Waals surface area (Å²) in [5.41, 5.74) is 9.43. The molecular weight excluding hydrogens is 352 g/mol. The van der Waals surface area contributed by atoms with E-state index >= 15 is 0 Å². The Bertz CT molecular complexity index is 938. The van der Waals surface area contributed by atoms with Gasteiger partial charge in [-0.1, -0.05) is 24.3 Å². The van der Waals surface area contributed by atoms with Crippen LogP contribution < -0.4 is 14.9 Å². The van der Waals surface area contributed by atoms with Gasteiger partial charge in [-0.3, -0.25) is 10.5 Å². The average Bonchev–Trinajstić information content (AvgIpc) is 3.20. The second kappa shape index (κ2) is 7.66. The molecule has 0 amide bonds. The number of nitrogens with zero attached hydrogens (tertiary/aromatic N) is 2. The Labute approximate surface area is 165 Å². The number of H-pyrrole nitrogens is 1. The smallest absolute Gasteiger partial charge is 0.161 e. The zero-order valence-electron chi connectivity index (χ0n) is 16.7. The Kier molecular flexibility index (Phi) is 5.07. The van der Waals surface area contributed by atoms with Gasteiger partial charge in [-0.05, 0) is 53.8 Å². The normalized spacial score (nSPS) is 19.7. The fourth-order valence-electron chi connectivity index (χ4n) is 4.04. The first-order valence-electron chi connectivity index (χ1n) is 9.44. The van der Waals surface area contributed by atoms with Crippen LogP contribution in [0.1, 0.15) is 29.7 Å². The van der Waals surface area contributed by atoms with Gasteiger partial charge in [0.25, 0.3) is 0 Å². The molecule has 2 heterocycles. The average molecular weight is 378 g/mol. The van der Waals surface area contributed by atoms with Crippen molar-refractivity contribution in [3.05, 3.63) is 65.4 Å². The van der Waals surface area contributed by atoms with E-state index in [1.54, 1.807) is 20.4 Å². The third kappa shape index (κ3) is 3.37. The first-order chi connectivity index (χ1) is 13.6. The Morgan fingerprint density at radius 2 is 1.75 bits per heavy atom. The molecule has 1 aliphatic rings. The standard InChI is InChI=1S/C22H26N4O2/c1-14-11-17-12-20(27-3)21(28-4)13-18(17)22(26(2)25-14)16-7-5-15(6-8-16)19-9-10-23-24-19/h5-10,12-14,22,25H,11H2,1-4H3,(H,23,24). The second-order valence-electron chi connectivity index (χ2n) is 7.25. The van der Waals surface area contributed by atoms with Crippen LogP contribution >= 0.6 is 0 Å². The molecule has 3 aromatic rings. The van der Waals surface area contributed by atoms with Crippen LogP contribution in [-0.2, 0) is 6.42 Å². The highest BCUT2D eigenvalue weighted by Gasteiger charge is 2.29. The maximum absolute atomic E-state index is 5.58. The monoisotopic (exact) mass is 378 g/mol. The number of aromatic nitrogens is 2. The van der Waals surface area contributed by atoms with E-state index in [1.807, 2.05) is 6.07 Å². The van der Waals surface area contributed by atoms with Gasteiger partial charge in [-0.15, -0.1) is 0 Å². The van der Waals surface area contributed by atoms with E-state index in [0.29, 0.717) is 6.04 Å². The lowest BCUT2D eigenvalue weighted by Crippen LogP contribution is -2.42. The Balaban J connectivity index is 1.79. The highest BCUT2D eigenvalue weighted by atomic mass is 16.5. The fraction of sp³-hybridized carbons (Fsp3) is 0.318. The van der Waals surface area contributed by atoms with Crippen molar-refractivity contribution in [3.8, 4) is 22.8 Å². The van der Waals surface area contributed by atoms with Crippen LogP contribution in [0.4, 0.5) is 0 Å². The molecule has 0 saturated carbocycles. The number of ether oxygens (including phenoxy) is 2. The summed E-state index contributed by atoms with van der Waals surface area (Å²) in [6, 6.07) is 15.2. The van der Waals surface area contributed by atoms with E-state index in [0.717, 1.165) is 29.2 Å². The number of benzene rings is 2. The molecule has 0 fully saturated rings. The van der Waals surface area contributed by atoms with E-state index in [4.69, 9.17) is 9.47 Å². The SMILES string of the molecule is COc1cc2c(cc1OC)C(c1ccc(-c3ccn[nH]3)cc1)N(C)NC(C)C2. The number of hydrogen-bond donors (Lipinski definition) is 2. The summed E-state index contributed by atoms with van der Waals surface area (Å²) >= 11 is 0. The van der Waals surface area contributed by atoms with Gasteiger partial charge in [-0.25, -0.2) is 5.01 Å². The molecule has 1 aromatic heterocycles. The van der Waals surface area contributed by atoms with E-state index in [2.05, 4.69) is 71.0 Å². The van der Waals surface area contributed by atoms with Crippen LogP contribution in [0, 0.1) is 0 Å². The summed E-state index contributed by atoms with van der Waals surface area (Å²) in [4.78, 5) is 0. The summed E-state index contributed by atoms with van der Waals surface area (Å²) in [6.07, 6.45) is 2.69. The Hall–Kier alpha value is -2.83. The minimum atomic E-state index is 0.0653. The maximum atomic E-state index is 5.58. The van der Waals surface area contributed by atoms with Crippen LogP contribution in [0.2, 0.25) is 0 Å². The first kappa shape index (κ1) is 18.5. The number of fused-ring (bicyclic) bond motifs is 1. The highest BCUT2D eigenvalue weighted by Crippen LogP contribution is 2.39. The maximum Gasteiger partial charge on any atom is 0.161 e. The Morgan fingerprint density at radius 3 is 2.39 bits per heavy atom. The lowest BCUT2D eigenvalue weighted by atomic mass is 9.91. The second-order valence-corrected chi connectivity index (χ2v) is 7.25. The van der Waals surface area contributed by atoms with E-state index in [9.17, 15) is 0 Å². The first-order valence-corrected chi connectivity index (χ1v) is 9.44. The number of methoxy groups -OCH3 is 2. The van der Waals surface area contributed by atoms with Crippen molar-refractivity contribution < 1.29 is 9.47 Å². The summed E-state index contributed by atoms with van der Waals surface area (Å²) in [5.74, 6) is 1.52. The van der Waals surface area contributed by atoms with Crippen molar-refractivity contribution >= 4 is 0 Å². The molecule has 0 spiro atoms. The van der Waals surface area contributed by atoms with Crippen molar-refractivity contribution in [2.75, 3.05) is 21.3 Å². The van der Waals surface area contributed by atoms with E-state index in [-0.39, 0.29) is 6.04 Å². The van der Waals surface area contributed by atoms with Crippen molar-refractivity contribution in [3.63, 3.8) is 0 Å². The summed E-state index contributed by atoms with van der Waals surface area (Å²) < 4.78 is 11.1. The van der Waals surface area contributed by atoms with Crippen molar-refractivity contribution in [1.29, 1.82) is 0 Å². The molecule has 2 N–H and O–H groups in total. The van der Waals surface area contributed by atoms with Crippen LogP contribution in [0.15, 0.2) is 48.7 Å². The van der Waals surface area contributed by atoms with Crippen molar-refractivity contribution in [1.82, 2.24) is 20.6 Å². The van der Waals surface area contributed by atoms with Gasteiger partial charge < -0.3 is 9.47 Å². The lowest BCUT2D eigenvalue weighted by molar-refractivity contribution is 0.172. The van der Waals surface area contributed by atoms with E-state index < -0.39 is 0 Å². The minimum Gasteiger partial charge on any atom is -0.493 e. The number of hydrogen-bond acceptors (Lipinski definition) is 5. The molecule has 0 saturated heterocycles. The largest absolute Gasteiger partial charge is 0.493 e. The van der Waals surface area contributed by atoms with Crippen LogP contribution in [-0.4, -0.2) is 42.5 Å². The predicted molar refractivity (Wildman–Crippen MR) is 109 cm³/mol. The molecule has 0 bridgehead atoms. The molecule has 28 heavy (non-hydrogen) atoms.